The van der Waals surface area contributed by atoms with Crippen LogP contribution in [0.5, 0.6) is 0 Å². The van der Waals surface area contributed by atoms with Gasteiger partial charge in [0.15, 0.2) is 0 Å². The first kappa shape index (κ1) is 15.5. The maximum absolute atomic E-state index is 12.2. The van der Waals surface area contributed by atoms with Crippen LogP contribution in [0, 0.1) is 6.92 Å². The van der Waals surface area contributed by atoms with Gasteiger partial charge >= 0.3 is 5.97 Å². The van der Waals surface area contributed by atoms with Gasteiger partial charge in [0.25, 0.3) is 5.91 Å². The number of aromatic carboxylic acids is 1. The van der Waals surface area contributed by atoms with Gasteiger partial charge < -0.3 is 10.4 Å². The highest BCUT2D eigenvalue weighted by atomic mass is 79.9. The smallest absolute Gasteiger partial charge is 0.337 e. The lowest BCUT2D eigenvalue weighted by molar-refractivity contribution is 0.0697. The normalized spacial score (nSPS) is 10.2. The zero-order chi connectivity index (χ0) is 15.6. The summed E-state index contributed by atoms with van der Waals surface area (Å²) in [6.45, 7) is 1.83. The van der Waals surface area contributed by atoms with Crippen LogP contribution in [0.25, 0.3) is 0 Å². The van der Waals surface area contributed by atoms with Crippen LogP contribution >= 0.6 is 27.5 Å². The third-order valence-corrected chi connectivity index (χ3v) is 4.14. The number of benzene rings is 2. The van der Waals surface area contributed by atoms with Crippen LogP contribution in [-0.2, 0) is 0 Å². The number of carbonyl (C=O) groups is 2. The van der Waals surface area contributed by atoms with Gasteiger partial charge in [-0.15, -0.1) is 0 Å². The Labute approximate surface area is 134 Å². The van der Waals surface area contributed by atoms with Crippen molar-refractivity contribution in [1.29, 1.82) is 0 Å². The predicted octanol–water partition coefficient (Wildman–Crippen LogP) is 4.36. The second kappa shape index (κ2) is 6.28. The van der Waals surface area contributed by atoms with E-state index in [4.69, 9.17) is 16.7 Å². The van der Waals surface area contributed by atoms with E-state index < -0.39 is 5.97 Å². The standard InChI is InChI=1S/C15H11BrClNO3/c1-8-10(3-2-4-12(8)16)14(19)18-9-5-6-11(15(20)21)13(17)7-9/h2-7H,1H3,(H,18,19)(H,20,21). The number of carbonyl (C=O) groups excluding carboxylic acids is 1. The number of halogens is 2. The van der Waals surface area contributed by atoms with Crippen molar-refractivity contribution in [3.05, 3.63) is 62.6 Å². The Morgan fingerprint density at radius 1 is 1.19 bits per heavy atom. The van der Waals surface area contributed by atoms with E-state index >= 15 is 0 Å². The molecule has 0 saturated heterocycles. The van der Waals surface area contributed by atoms with E-state index in [1.807, 2.05) is 13.0 Å². The molecule has 108 valence electrons. The Kier molecular flexibility index (Phi) is 4.65. The van der Waals surface area contributed by atoms with Gasteiger partial charge in [-0.05, 0) is 42.8 Å². The number of nitrogens with one attached hydrogen (secondary N) is 1. The summed E-state index contributed by atoms with van der Waals surface area (Å²) in [6, 6.07) is 9.60. The summed E-state index contributed by atoms with van der Waals surface area (Å²) in [4.78, 5) is 23.1. The van der Waals surface area contributed by atoms with Crippen molar-refractivity contribution in [3.8, 4) is 0 Å². The van der Waals surface area contributed by atoms with Crippen molar-refractivity contribution in [1.82, 2.24) is 0 Å². The monoisotopic (exact) mass is 367 g/mol. The molecule has 2 rings (SSSR count). The molecule has 0 fully saturated rings. The summed E-state index contributed by atoms with van der Waals surface area (Å²) < 4.78 is 0.842. The number of amides is 1. The van der Waals surface area contributed by atoms with Gasteiger partial charge in [-0.1, -0.05) is 33.6 Å². The molecule has 2 aromatic rings. The summed E-state index contributed by atoms with van der Waals surface area (Å²) >= 11 is 9.24. The number of carboxylic acid groups (broad SMARTS) is 1. The highest BCUT2D eigenvalue weighted by molar-refractivity contribution is 9.10. The highest BCUT2D eigenvalue weighted by Gasteiger charge is 2.13. The number of hydrogen-bond acceptors (Lipinski definition) is 2. The first-order valence-electron chi connectivity index (χ1n) is 5.99. The molecule has 0 saturated carbocycles. The summed E-state index contributed by atoms with van der Waals surface area (Å²) in [5, 5.41) is 11.7. The van der Waals surface area contributed by atoms with Crippen LogP contribution in [0.15, 0.2) is 40.9 Å². The van der Waals surface area contributed by atoms with Gasteiger partial charge in [-0.3, -0.25) is 4.79 Å². The summed E-state index contributed by atoms with van der Waals surface area (Å²) in [5.74, 6) is -1.39. The molecular formula is C15H11BrClNO3. The van der Waals surface area contributed by atoms with E-state index in [2.05, 4.69) is 21.2 Å². The lowest BCUT2D eigenvalue weighted by Crippen LogP contribution is -2.13. The van der Waals surface area contributed by atoms with E-state index in [0.717, 1.165) is 10.0 Å². The van der Waals surface area contributed by atoms with Crippen LogP contribution < -0.4 is 5.32 Å². The van der Waals surface area contributed by atoms with Crippen molar-refractivity contribution in [2.24, 2.45) is 0 Å². The predicted molar refractivity (Wildman–Crippen MR) is 85.2 cm³/mol. The molecule has 0 aromatic heterocycles. The zero-order valence-electron chi connectivity index (χ0n) is 11.0. The van der Waals surface area contributed by atoms with Crippen LogP contribution in [-0.4, -0.2) is 17.0 Å². The Morgan fingerprint density at radius 2 is 1.90 bits per heavy atom. The number of carboxylic acids is 1. The minimum Gasteiger partial charge on any atom is -0.478 e. The molecule has 0 heterocycles. The van der Waals surface area contributed by atoms with Crippen molar-refractivity contribution < 1.29 is 14.7 Å². The fraction of sp³-hybridized carbons (Fsp3) is 0.0667. The molecule has 0 unspecified atom stereocenters. The number of anilines is 1. The minimum absolute atomic E-state index is 0.00620. The molecule has 0 aliphatic heterocycles. The van der Waals surface area contributed by atoms with Gasteiger partial charge in [-0.25, -0.2) is 4.79 Å². The van der Waals surface area contributed by atoms with Crippen molar-refractivity contribution in [2.45, 2.75) is 6.92 Å². The molecule has 0 atom stereocenters. The zero-order valence-corrected chi connectivity index (χ0v) is 13.3. The van der Waals surface area contributed by atoms with Crippen molar-refractivity contribution in [2.75, 3.05) is 5.32 Å². The van der Waals surface area contributed by atoms with Crippen LogP contribution in [0.3, 0.4) is 0 Å². The van der Waals surface area contributed by atoms with Gasteiger partial charge in [0.2, 0.25) is 0 Å². The topological polar surface area (TPSA) is 66.4 Å². The second-order valence-electron chi connectivity index (χ2n) is 4.37. The molecular weight excluding hydrogens is 358 g/mol. The van der Waals surface area contributed by atoms with Gasteiger partial charge in [0.1, 0.15) is 0 Å². The van der Waals surface area contributed by atoms with Gasteiger partial charge in [-0.2, -0.15) is 0 Å². The van der Waals surface area contributed by atoms with Crippen LogP contribution in [0.2, 0.25) is 5.02 Å². The second-order valence-corrected chi connectivity index (χ2v) is 5.63. The number of rotatable bonds is 3. The Hall–Kier alpha value is -1.85. The fourth-order valence-electron chi connectivity index (χ4n) is 1.82. The van der Waals surface area contributed by atoms with Gasteiger partial charge in [0, 0.05) is 15.7 Å². The van der Waals surface area contributed by atoms with E-state index in [0.29, 0.717) is 11.3 Å². The molecule has 6 heteroatoms. The van der Waals surface area contributed by atoms with Crippen LogP contribution in [0.4, 0.5) is 5.69 Å². The Morgan fingerprint density at radius 3 is 2.52 bits per heavy atom. The third kappa shape index (κ3) is 3.43. The van der Waals surface area contributed by atoms with Crippen LogP contribution in [0.1, 0.15) is 26.3 Å². The third-order valence-electron chi connectivity index (χ3n) is 2.97. The molecule has 2 N–H and O–H groups in total. The lowest BCUT2D eigenvalue weighted by atomic mass is 10.1. The first-order valence-corrected chi connectivity index (χ1v) is 7.16. The fourth-order valence-corrected chi connectivity index (χ4v) is 2.45. The molecule has 21 heavy (non-hydrogen) atoms. The molecule has 0 aliphatic rings. The van der Waals surface area contributed by atoms with E-state index in [-0.39, 0.29) is 16.5 Å². The molecule has 0 bridgehead atoms. The van der Waals surface area contributed by atoms with E-state index in [1.54, 1.807) is 12.1 Å². The largest absolute Gasteiger partial charge is 0.478 e. The maximum Gasteiger partial charge on any atom is 0.337 e. The van der Waals surface area contributed by atoms with Gasteiger partial charge in [0.05, 0.1) is 10.6 Å². The Balaban J connectivity index is 2.26. The minimum atomic E-state index is -1.11. The molecule has 1 amide bonds. The molecule has 0 aliphatic carbocycles. The molecule has 4 nitrogen and oxygen atoms in total. The quantitative estimate of drug-likeness (QED) is 0.846. The van der Waals surface area contributed by atoms with E-state index in [1.165, 1.54) is 18.2 Å². The lowest BCUT2D eigenvalue weighted by Gasteiger charge is -2.09. The number of hydrogen-bond donors (Lipinski definition) is 2. The van der Waals surface area contributed by atoms with Crippen molar-refractivity contribution >= 4 is 45.1 Å². The average molecular weight is 369 g/mol. The molecule has 0 radical (unpaired) electrons. The first-order chi connectivity index (χ1) is 9.90. The SMILES string of the molecule is Cc1c(Br)cccc1C(=O)Nc1ccc(C(=O)O)c(Cl)c1. The summed E-state index contributed by atoms with van der Waals surface area (Å²) in [6.07, 6.45) is 0. The average Bonchev–Trinajstić information content (AvgIpc) is 2.41. The Bertz CT molecular complexity index is 731. The molecule has 0 spiro atoms. The maximum atomic E-state index is 12.2. The van der Waals surface area contributed by atoms with Crippen molar-refractivity contribution in [3.63, 3.8) is 0 Å². The summed E-state index contributed by atoms with van der Waals surface area (Å²) in [5.41, 5.74) is 1.79. The molecule has 2 aromatic carbocycles. The van der Waals surface area contributed by atoms with E-state index in [9.17, 15) is 9.59 Å². The summed E-state index contributed by atoms with van der Waals surface area (Å²) in [7, 11) is 0. The highest BCUT2D eigenvalue weighted by Crippen LogP contribution is 2.23.